The van der Waals surface area contributed by atoms with Crippen LogP contribution >= 0.6 is 22.7 Å². The zero-order chi connectivity index (χ0) is 11.4. The molecule has 1 radical (unpaired) electrons. The first-order valence-electron chi connectivity index (χ1n) is 4.81. The number of hydrogen-bond acceptors (Lipinski definition) is 3. The van der Waals surface area contributed by atoms with E-state index in [1.807, 2.05) is 35.0 Å². The quantitative estimate of drug-likeness (QED) is 0.822. The molecule has 0 saturated carbocycles. The van der Waals surface area contributed by atoms with Crippen LogP contribution in [0.25, 0.3) is 0 Å². The van der Waals surface area contributed by atoms with E-state index < -0.39 is 6.03 Å². The van der Waals surface area contributed by atoms with Crippen LogP contribution in [0.4, 0.5) is 4.79 Å². The summed E-state index contributed by atoms with van der Waals surface area (Å²) in [6.45, 7) is 1.05. The summed E-state index contributed by atoms with van der Waals surface area (Å²) in [6.07, 6.45) is 0. The van der Waals surface area contributed by atoms with Gasteiger partial charge in [0.25, 0.3) is 0 Å². The maximum Gasteiger partial charge on any atom is 0.336 e. The van der Waals surface area contributed by atoms with Crippen molar-refractivity contribution in [3.63, 3.8) is 0 Å². The molecule has 0 aromatic carbocycles. The molecule has 83 valence electrons. The Balaban J connectivity index is 2.03. The van der Waals surface area contributed by atoms with E-state index in [9.17, 15) is 4.79 Å². The minimum Gasteiger partial charge on any atom is -0.313 e. The molecule has 3 nitrogen and oxygen atoms in total. The number of carbonyl (C=O) groups is 1. The molecule has 0 fully saturated rings. The molecule has 2 aromatic heterocycles. The predicted molar refractivity (Wildman–Crippen MR) is 66.4 cm³/mol. The normalized spacial score (nSPS) is 10.2. The van der Waals surface area contributed by atoms with Crippen LogP contribution in [-0.2, 0) is 13.1 Å². The van der Waals surface area contributed by atoms with Crippen molar-refractivity contribution in [2.75, 3.05) is 0 Å². The van der Waals surface area contributed by atoms with Crippen molar-refractivity contribution in [2.24, 2.45) is 0 Å². The SMILES string of the molecule is [NH]C(=O)N(Cc1cccs1)Cc1cccs1. The van der Waals surface area contributed by atoms with Crippen LogP contribution in [-0.4, -0.2) is 10.9 Å². The summed E-state index contributed by atoms with van der Waals surface area (Å²) in [6, 6.07) is 7.25. The molecule has 5 heteroatoms. The minimum atomic E-state index is -0.623. The topological polar surface area (TPSA) is 44.1 Å². The van der Waals surface area contributed by atoms with Gasteiger partial charge in [-0.2, -0.15) is 0 Å². The molecule has 0 saturated heterocycles. The fraction of sp³-hybridized carbons (Fsp3) is 0.182. The van der Waals surface area contributed by atoms with Crippen molar-refractivity contribution in [3.8, 4) is 0 Å². The molecule has 2 rings (SSSR count). The van der Waals surface area contributed by atoms with E-state index in [-0.39, 0.29) is 0 Å². The predicted octanol–water partition coefficient (Wildman–Crippen LogP) is 3.21. The molecule has 0 bridgehead atoms. The average molecular weight is 251 g/mol. The second kappa shape index (κ2) is 5.14. The lowest BCUT2D eigenvalue weighted by atomic mass is 10.4. The molecule has 0 unspecified atom stereocenters. The minimum absolute atomic E-state index is 0.526. The molecule has 2 amide bonds. The van der Waals surface area contributed by atoms with Crippen LogP contribution in [0.5, 0.6) is 0 Å². The van der Waals surface area contributed by atoms with Gasteiger partial charge in [0.05, 0.1) is 13.1 Å². The third-order valence-corrected chi connectivity index (χ3v) is 3.86. The molecule has 16 heavy (non-hydrogen) atoms. The zero-order valence-electron chi connectivity index (χ0n) is 8.55. The molecular weight excluding hydrogens is 240 g/mol. The lowest BCUT2D eigenvalue weighted by molar-refractivity contribution is 0.201. The number of carbonyl (C=O) groups excluding carboxylic acids is 1. The van der Waals surface area contributed by atoms with Gasteiger partial charge in [0.15, 0.2) is 0 Å². The molecule has 0 atom stereocenters. The third-order valence-electron chi connectivity index (χ3n) is 2.14. The van der Waals surface area contributed by atoms with E-state index in [4.69, 9.17) is 5.73 Å². The van der Waals surface area contributed by atoms with Gasteiger partial charge in [0, 0.05) is 9.75 Å². The number of hydrogen-bond donors (Lipinski definition) is 0. The van der Waals surface area contributed by atoms with Crippen molar-refractivity contribution >= 4 is 28.7 Å². The fourth-order valence-electron chi connectivity index (χ4n) is 1.38. The maximum absolute atomic E-state index is 11.2. The first-order valence-corrected chi connectivity index (χ1v) is 6.57. The van der Waals surface area contributed by atoms with Crippen molar-refractivity contribution in [1.29, 1.82) is 0 Å². The number of urea groups is 1. The van der Waals surface area contributed by atoms with Gasteiger partial charge in [-0.15, -0.1) is 22.7 Å². The Kier molecular flexibility index (Phi) is 3.58. The van der Waals surface area contributed by atoms with E-state index in [0.29, 0.717) is 13.1 Å². The van der Waals surface area contributed by atoms with E-state index in [2.05, 4.69) is 0 Å². The van der Waals surface area contributed by atoms with Crippen molar-refractivity contribution < 1.29 is 4.79 Å². The Morgan fingerprint density at radius 3 is 1.94 bits per heavy atom. The second-order valence-corrected chi connectivity index (χ2v) is 5.38. The van der Waals surface area contributed by atoms with Crippen molar-refractivity contribution in [1.82, 2.24) is 10.6 Å². The first-order chi connectivity index (χ1) is 7.75. The summed E-state index contributed by atoms with van der Waals surface area (Å²) in [5.41, 5.74) is 7.24. The molecule has 0 aliphatic carbocycles. The summed E-state index contributed by atoms with van der Waals surface area (Å²) in [4.78, 5) is 15.0. The van der Waals surface area contributed by atoms with Gasteiger partial charge in [-0.1, -0.05) is 12.1 Å². The number of amides is 2. The molecule has 0 spiro atoms. The summed E-state index contributed by atoms with van der Waals surface area (Å²) >= 11 is 3.21. The molecule has 1 N–H and O–H groups in total. The van der Waals surface area contributed by atoms with Crippen LogP contribution in [0.2, 0.25) is 0 Å². The number of nitrogens with one attached hydrogen (secondary N) is 1. The standard InChI is InChI=1S/C11H11N2OS2/c12-11(14)13(7-9-3-1-5-15-9)8-10-4-2-6-16-10/h1-6,12H,7-8H2. The van der Waals surface area contributed by atoms with Crippen LogP contribution in [0.3, 0.4) is 0 Å². The highest BCUT2D eigenvalue weighted by Gasteiger charge is 2.12. The number of thiophene rings is 2. The first kappa shape index (κ1) is 11.2. The molecule has 0 aliphatic heterocycles. The highest BCUT2D eigenvalue weighted by Crippen LogP contribution is 2.16. The summed E-state index contributed by atoms with van der Waals surface area (Å²) < 4.78 is 0. The van der Waals surface area contributed by atoms with E-state index >= 15 is 0 Å². The average Bonchev–Trinajstić information content (AvgIpc) is 2.88. The van der Waals surface area contributed by atoms with Gasteiger partial charge in [-0.05, 0) is 22.9 Å². The van der Waals surface area contributed by atoms with Crippen molar-refractivity contribution in [2.45, 2.75) is 13.1 Å². The Morgan fingerprint density at radius 1 is 1.12 bits per heavy atom. The highest BCUT2D eigenvalue weighted by atomic mass is 32.1. The van der Waals surface area contributed by atoms with Gasteiger partial charge in [0.1, 0.15) is 0 Å². The van der Waals surface area contributed by atoms with Gasteiger partial charge >= 0.3 is 6.03 Å². The highest BCUT2D eigenvalue weighted by molar-refractivity contribution is 7.10. The van der Waals surface area contributed by atoms with Gasteiger partial charge < -0.3 is 4.90 Å². The van der Waals surface area contributed by atoms with E-state index in [1.54, 1.807) is 22.7 Å². The molecular formula is C11H11N2OS2. The summed E-state index contributed by atoms with van der Waals surface area (Å²) in [5, 5.41) is 3.96. The Bertz CT molecular complexity index is 400. The lowest BCUT2D eigenvalue weighted by Gasteiger charge is -2.17. The molecule has 2 heterocycles. The zero-order valence-corrected chi connectivity index (χ0v) is 10.2. The number of nitrogens with zero attached hydrogens (tertiary/aromatic N) is 1. The van der Waals surface area contributed by atoms with E-state index in [1.165, 1.54) is 4.90 Å². The Hall–Kier alpha value is -1.33. The van der Waals surface area contributed by atoms with Crippen LogP contribution in [0.15, 0.2) is 35.0 Å². The van der Waals surface area contributed by atoms with Crippen LogP contribution in [0, 0.1) is 0 Å². The summed E-state index contributed by atoms with van der Waals surface area (Å²) in [7, 11) is 0. The largest absolute Gasteiger partial charge is 0.336 e. The smallest absolute Gasteiger partial charge is 0.313 e. The van der Waals surface area contributed by atoms with E-state index in [0.717, 1.165) is 9.75 Å². The summed E-state index contributed by atoms with van der Waals surface area (Å²) in [5.74, 6) is 0. The van der Waals surface area contributed by atoms with Gasteiger partial charge in [-0.25, -0.2) is 10.5 Å². The monoisotopic (exact) mass is 251 g/mol. The third kappa shape index (κ3) is 2.84. The molecule has 0 aliphatic rings. The Labute approximate surface area is 102 Å². The Morgan fingerprint density at radius 2 is 1.62 bits per heavy atom. The number of rotatable bonds is 4. The van der Waals surface area contributed by atoms with Crippen molar-refractivity contribution in [3.05, 3.63) is 44.8 Å². The lowest BCUT2D eigenvalue weighted by Crippen LogP contribution is -2.28. The van der Waals surface area contributed by atoms with Gasteiger partial charge in [-0.3, -0.25) is 0 Å². The second-order valence-electron chi connectivity index (χ2n) is 3.32. The fourth-order valence-corrected chi connectivity index (χ4v) is 2.82. The van der Waals surface area contributed by atoms with Crippen LogP contribution < -0.4 is 5.73 Å². The van der Waals surface area contributed by atoms with Gasteiger partial charge in [0.2, 0.25) is 0 Å². The molecule has 2 aromatic rings. The maximum atomic E-state index is 11.2. The van der Waals surface area contributed by atoms with Crippen LogP contribution in [0.1, 0.15) is 9.75 Å².